The van der Waals surface area contributed by atoms with Gasteiger partial charge in [-0.15, -0.1) is 0 Å². The summed E-state index contributed by atoms with van der Waals surface area (Å²) in [5.74, 6) is 0.599. The van der Waals surface area contributed by atoms with Gasteiger partial charge in [-0.25, -0.2) is 0 Å². The summed E-state index contributed by atoms with van der Waals surface area (Å²) in [6.07, 6.45) is 0. The minimum Gasteiger partial charge on any atom is -0.506 e. The maximum Gasteiger partial charge on any atom is 0.145 e. The van der Waals surface area contributed by atoms with Crippen molar-refractivity contribution in [3.8, 4) is 17.0 Å². The van der Waals surface area contributed by atoms with E-state index in [1.165, 1.54) is 0 Å². The van der Waals surface area contributed by atoms with Gasteiger partial charge in [-0.1, -0.05) is 6.07 Å². The predicted octanol–water partition coefficient (Wildman–Crippen LogP) is 2.44. The third-order valence-corrected chi connectivity index (χ3v) is 2.84. The van der Waals surface area contributed by atoms with Crippen LogP contribution in [-0.4, -0.2) is 15.3 Å². The molecule has 0 aliphatic carbocycles. The maximum atomic E-state index is 9.91. The summed E-state index contributed by atoms with van der Waals surface area (Å²) in [6, 6.07) is 5.40. The summed E-state index contributed by atoms with van der Waals surface area (Å²) in [4.78, 5) is 0. The monoisotopic (exact) mass is 267 g/mol. The highest BCUT2D eigenvalue weighted by Crippen LogP contribution is 2.37. The molecular formula is C10H10BrN3O. The average molecular weight is 268 g/mol. The third-order valence-electron chi connectivity index (χ3n) is 2.20. The van der Waals surface area contributed by atoms with Crippen molar-refractivity contribution in [3.05, 3.63) is 28.2 Å². The topological polar surface area (TPSA) is 74.9 Å². The van der Waals surface area contributed by atoms with Crippen LogP contribution in [0.15, 0.2) is 22.7 Å². The van der Waals surface area contributed by atoms with Gasteiger partial charge in [0.25, 0.3) is 0 Å². The molecule has 0 amide bonds. The van der Waals surface area contributed by atoms with Crippen molar-refractivity contribution in [3.63, 3.8) is 0 Å². The number of anilines is 1. The van der Waals surface area contributed by atoms with Crippen LogP contribution in [0.5, 0.6) is 5.75 Å². The van der Waals surface area contributed by atoms with Crippen LogP contribution in [0.4, 0.5) is 5.82 Å². The molecule has 0 saturated carbocycles. The van der Waals surface area contributed by atoms with Crippen LogP contribution in [0, 0.1) is 6.92 Å². The SMILES string of the molecule is Cc1ccc(Br)c(O)c1-c1cc(N)n[nH]1. The quantitative estimate of drug-likeness (QED) is 0.743. The number of nitrogen functional groups attached to an aromatic ring is 1. The molecule has 5 heteroatoms. The van der Waals surface area contributed by atoms with E-state index in [9.17, 15) is 5.11 Å². The van der Waals surface area contributed by atoms with Gasteiger partial charge in [0.05, 0.1) is 10.2 Å². The molecule has 0 aliphatic rings. The fourth-order valence-corrected chi connectivity index (χ4v) is 1.80. The molecular weight excluding hydrogens is 258 g/mol. The molecule has 4 N–H and O–H groups in total. The summed E-state index contributed by atoms with van der Waals surface area (Å²) in [5.41, 5.74) is 7.90. The largest absolute Gasteiger partial charge is 0.506 e. The number of rotatable bonds is 1. The number of phenolic OH excluding ortho intramolecular Hbond substituents is 1. The van der Waals surface area contributed by atoms with E-state index in [1.807, 2.05) is 13.0 Å². The number of hydrogen-bond acceptors (Lipinski definition) is 3. The Balaban J connectivity index is 2.66. The normalized spacial score (nSPS) is 10.5. The number of hydrogen-bond donors (Lipinski definition) is 3. The number of aromatic nitrogens is 2. The van der Waals surface area contributed by atoms with E-state index < -0.39 is 0 Å². The Morgan fingerprint density at radius 3 is 2.80 bits per heavy atom. The van der Waals surface area contributed by atoms with Gasteiger partial charge in [0.2, 0.25) is 0 Å². The van der Waals surface area contributed by atoms with E-state index in [2.05, 4.69) is 26.1 Å². The molecule has 0 bridgehead atoms. The zero-order chi connectivity index (χ0) is 11.0. The first kappa shape index (κ1) is 10.0. The van der Waals surface area contributed by atoms with Crippen molar-refractivity contribution in [1.29, 1.82) is 0 Å². The lowest BCUT2D eigenvalue weighted by atomic mass is 10.0. The van der Waals surface area contributed by atoms with Crippen molar-refractivity contribution < 1.29 is 5.11 Å². The van der Waals surface area contributed by atoms with Gasteiger partial charge in [0.1, 0.15) is 11.6 Å². The van der Waals surface area contributed by atoms with Crippen LogP contribution in [0.2, 0.25) is 0 Å². The number of nitrogens with one attached hydrogen (secondary N) is 1. The number of nitrogens with two attached hydrogens (primary N) is 1. The highest BCUT2D eigenvalue weighted by Gasteiger charge is 2.12. The molecule has 2 rings (SSSR count). The molecule has 1 aromatic heterocycles. The Hall–Kier alpha value is -1.49. The molecule has 78 valence electrons. The minimum absolute atomic E-state index is 0.193. The lowest BCUT2D eigenvalue weighted by molar-refractivity contribution is 0.473. The summed E-state index contributed by atoms with van der Waals surface area (Å²) in [6.45, 7) is 1.92. The lowest BCUT2D eigenvalue weighted by Gasteiger charge is -2.07. The van der Waals surface area contributed by atoms with Gasteiger partial charge in [-0.05, 0) is 34.5 Å². The Labute approximate surface area is 95.3 Å². The highest BCUT2D eigenvalue weighted by molar-refractivity contribution is 9.10. The van der Waals surface area contributed by atoms with Crippen LogP contribution in [0.1, 0.15) is 5.56 Å². The van der Waals surface area contributed by atoms with Gasteiger partial charge in [-0.2, -0.15) is 5.10 Å². The first-order chi connectivity index (χ1) is 7.09. The molecule has 4 nitrogen and oxygen atoms in total. The van der Waals surface area contributed by atoms with Crippen LogP contribution in [-0.2, 0) is 0 Å². The van der Waals surface area contributed by atoms with E-state index in [1.54, 1.807) is 12.1 Å². The Kier molecular flexibility index (Phi) is 2.40. The fraction of sp³-hybridized carbons (Fsp3) is 0.100. The summed E-state index contributed by atoms with van der Waals surface area (Å²) >= 11 is 3.27. The first-order valence-electron chi connectivity index (χ1n) is 4.39. The predicted molar refractivity (Wildman–Crippen MR) is 62.5 cm³/mol. The van der Waals surface area contributed by atoms with E-state index in [0.717, 1.165) is 5.56 Å². The summed E-state index contributed by atoms with van der Waals surface area (Å²) in [7, 11) is 0. The molecule has 1 aromatic carbocycles. The molecule has 0 radical (unpaired) electrons. The second-order valence-corrected chi connectivity index (χ2v) is 4.15. The summed E-state index contributed by atoms with van der Waals surface area (Å²) in [5, 5.41) is 16.5. The Morgan fingerprint density at radius 1 is 1.47 bits per heavy atom. The zero-order valence-electron chi connectivity index (χ0n) is 8.08. The van der Waals surface area contributed by atoms with Crippen LogP contribution < -0.4 is 5.73 Å². The first-order valence-corrected chi connectivity index (χ1v) is 5.18. The van der Waals surface area contributed by atoms with Crippen LogP contribution in [0.25, 0.3) is 11.3 Å². The minimum atomic E-state index is 0.193. The third kappa shape index (κ3) is 1.70. The second-order valence-electron chi connectivity index (χ2n) is 3.29. The molecule has 0 unspecified atom stereocenters. The lowest BCUT2D eigenvalue weighted by Crippen LogP contribution is -1.85. The standard InChI is InChI=1S/C10H10BrN3O/c1-5-2-3-6(11)10(15)9(5)7-4-8(12)14-13-7/h2-4,15H,1H3,(H3,12,13,14). The van der Waals surface area contributed by atoms with Crippen molar-refractivity contribution in [2.24, 2.45) is 0 Å². The summed E-state index contributed by atoms with van der Waals surface area (Å²) < 4.78 is 0.649. The smallest absolute Gasteiger partial charge is 0.145 e. The number of aromatic hydroxyl groups is 1. The van der Waals surface area contributed by atoms with Gasteiger partial charge in [-0.3, -0.25) is 5.10 Å². The molecule has 2 aromatic rings. The van der Waals surface area contributed by atoms with E-state index in [-0.39, 0.29) is 5.75 Å². The molecule has 0 aliphatic heterocycles. The number of aromatic amines is 1. The molecule has 0 atom stereocenters. The zero-order valence-corrected chi connectivity index (χ0v) is 9.67. The van der Waals surface area contributed by atoms with Crippen molar-refractivity contribution in [2.45, 2.75) is 6.92 Å². The van der Waals surface area contributed by atoms with Crippen molar-refractivity contribution in [2.75, 3.05) is 5.73 Å². The van der Waals surface area contributed by atoms with Crippen LogP contribution in [0.3, 0.4) is 0 Å². The highest BCUT2D eigenvalue weighted by atomic mass is 79.9. The van der Waals surface area contributed by atoms with E-state index in [4.69, 9.17) is 5.73 Å². The Morgan fingerprint density at radius 2 is 2.20 bits per heavy atom. The molecule has 0 spiro atoms. The van der Waals surface area contributed by atoms with Gasteiger partial charge in [0.15, 0.2) is 0 Å². The van der Waals surface area contributed by atoms with Crippen LogP contribution >= 0.6 is 15.9 Å². The number of benzene rings is 1. The van der Waals surface area contributed by atoms with Crippen molar-refractivity contribution >= 4 is 21.7 Å². The van der Waals surface area contributed by atoms with Gasteiger partial charge in [0, 0.05) is 11.6 Å². The average Bonchev–Trinajstić information content (AvgIpc) is 2.59. The van der Waals surface area contributed by atoms with Gasteiger partial charge >= 0.3 is 0 Å². The Bertz CT molecular complexity index is 507. The van der Waals surface area contributed by atoms with Gasteiger partial charge < -0.3 is 10.8 Å². The number of phenols is 1. The number of halogens is 1. The van der Waals surface area contributed by atoms with Crippen molar-refractivity contribution in [1.82, 2.24) is 10.2 Å². The maximum absolute atomic E-state index is 9.91. The molecule has 15 heavy (non-hydrogen) atoms. The molecule has 1 heterocycles. The van der Waals surface area contributed by atoms with E-state index in [0.29, 0.717) is 21.5 Å². The second kappa shape index (κ2) is 3.58. The number of H-pyrrole nitrogens is 1. The fourth-order valence-electron chi connectivity index (χ4n) is 1.47. The number of nitrogens with zero attached hydrogens (tertiary/aromatic N) is 1. The molecule has 0 fully saturated rings. The molecule has 0 saturated heterocycles. The number of aryl methyl sites for hydroxylation is 1. The van der Waals surface area contributed by atoms with E-state index >= 15 is 0 Å².